The number of ether oxygens (including phenoxy) is 2. The van der Waals surface area contributed by atoms with Crippen molar-refractivity contribution in [1.29, 1.82) is 0 Å². The summed E-state index contributed by atoms with van der Waals surface area (Å²) in [7, 11) is 3.15. The van der Waals surface area contributed by atoms with Gasteiger partial charge < -0.3 is 14.4 Å². The number of carbonyl (C=O) groups is 2. The van der Waals surface area contributed by atoms with Crippen molar-refractivity contribution in [2.24, 2.45) is 0 Å². The Balaban J connectivity index is 1.57. The smallest absolute Gasteiger partial charge is 0.255 e. The van der Waals surface area contributed by atoms with Gasteiger partial charge in [0.2, 0.25) is 0 Å². The summed E-state index contributed by atoms with van der Waals surface area (Å²) in [6.45, 7) is 0.716. The van der Waals surface area contributed by atoms with Crippen molar-refractivity contribution in [3.05, 3.63) is 82.8 Å². The van der Waals surface area contributed by atoms with Gasteiger partial charge in [0, 0.05) is 48.2 Å². The number of methoxy groups -OCH3 is 2. The van der Waals surface area contributed by atoms with Crippen LogP contribution in [0.5, 0.6) is 11.5 Å². The molecular formula is C26H22FN3O4. The molecule has 3 aromatic carbocycles. The van der Waals surface area contributed by atoms with Crippen LogP contribution in [0.15, 0.2) is 54.6 Å². The maximum absolute atomic E-state index is 14.5. The highest BCUT2D eigenvalue weighted by Gasteiger charge is 2.29. The molecule has 1 aliphatic rings. The Hall–Kier alpha value is -4.20. The van der Waals surface area contributed by atoms with Crippen molar-refractivity contribution in [1.82, 2.24) is 14.7 Å². The third-order valence-electron chi connectivity index (χ3n) is 6.10. The fourth-order valence-electron chi connectivity index (χ4n) is 4.41. The van der Waals surface area contributed by atoms with Gasteiger partial charge in [-0.1, -0.05) is 0 Å². The Morgan fingerprint density at radius 3 is 2.56 bits per heavy atom. The zero-order valence-electron chi connectivity index (χ0n) is 18.7. The lowest BCUT2D eigenvalue weighted by Crippen LogP contribution is -2.31. The predicted octanol–water partition coefficient (Wildman–Crippen LogP) is 4.19. The first kappa shape index (κ1) is 21.6. The average Bonchev–Trinajstić information content (AvgIpc) is 3.17. The molecule has 0 aliphatic carbocycles. The van der Waals surface area contributed by atoms with Crippen LogP contribution >= 0.6 is 0 Å². The van der Waals surface area contributed by atoms with Gasteiger partial charge in [-0.25, -0.2) is 9.07 Å². The molecule has 2 heterocycles. The van der Waals surface area contributed by atoms with E-state index in [1.165, 1.54) is 12.1 Å². The molecule has 1 aromatic heterocycles. The van der Waals surface area contributed by atoms with Gasteiger partial charge in [0.15, 0.2) is 0 Å². The van der Waals surface area contributed by atoms with Crippen LogP contribution in [0.2, 0.25) is 0 Å². The van der Waals surface area contributed by atoms with Crippen LogP contribution in [0.1, 0.15) is 32.0 Å². The number of halogens is 1. The second-order valence-corrected chi connectivity index (χ2v) is 8.07. The maximum atomic E-state index is 14.5. The SMILES string of the molecule is COc1ccc(CN2CCc3c4c(cc(F)cc4nn3-c3ccc(C=O)cc3)C2=O)c(OC)c1. The summed E-state index contributed by atoms with van der Waals surface area (Å²) in [4.78, 5) is 26.3. The van der Waals surface area contributed by atoms with Crippen molar-refractivity contribution in [2.45, 2.75) is 13.0 Å². The van der Waals surface area contributed by atoms with Crippen LogP contribution in [-0.2, 0) is 13.0 Å². The molecule has 1 amide bonds. The highest BCUT2D eigenvalue weighted by atomic mass is 19.1. The average molecular weight is 459 g/mol. The van der Waals surface area contributed by atoms with E-state index in [2.05, 4.69) is 5.10 Å². The first-order valence-electron chi connectivity index (χ1n) is 10.8. The molecule has 4 aromatic rings. The molecule has 0 fully saturated rings. The fraction of sp³-hybridized carbons (Fsp3) is 0.192. The Morgan fingerprint density at radius 2 is 1.85 bits per heavy atom. The first-order chi connectivity index (χ1) is 16.5. The van der Waals surface area contributed by atoms with Crippen molar-refractivity contribution in [2.75, 3.05) is 20.8 Å². The molecule has 1 aliphatic heterocycles. The van der Waals surface area contributed by atoms with Gasteiger partial charge in [0.25, 0.3) is 5.91 Å². The molecule has 0 atom stereocenters. The van der Waals surface area contributed by atoms with E-state index in [9.17, 15) is 14.0 Å². The quantitative estimate of drug-likeness (QED) is 0.404. The van der Waals surface area contributed by atoms with Gasteiger partial charge >= 0.3 is 0 Å². The van der Waals surface area contributed by atoms with Gasteiger partial charge in [-0.05, 0) is 42.5 Å². The Bertz CT molecular complexity index is 1410. The molecule has 0 saturated heterocycles. The van der Waals surface area contributed by atoms with E-state index in [1.54, 1.807) is 54.1 Å². The Morgan fingerprint density at radius 1 is 1.06 bits per heavy atom. The molecule has 8 heteroatoms. The van der Waals surface area contributed by atoms with Crippen molar-refractivity contribution in [3.8, 4) is 17.2 Å². The zero-order chi connectivity index (χ0) is 23.8. The summed E-state index contributed by atoms with van der Waals surface area (Å²) < 4.78 is 27.0. The molecule has 34 heavy (non-hydrogen) atoms. The third-order valence-corrected chi connectivity index (χ3v) is 6.10. The van der Waals surface area contributed by atoms with Gasteiger partial charge in [-0.3, -0.25) is 9.59 Å². The zero-order valence-corrected chi connectivity index (χ0v) is 18.7. The second-order valence-electron chi connectivity index (χ2n) is 8.07. The Labute approximate surface area is 195 Å². The molecule has 0 bridgehead atoms. The van der Waals surface area contributed by atoms with Crippen LogP contribution in [0.25, 0.3) is 16.6 Å². The molecule has 172 valence electrons. The first-order valence-corrected chi connectivity index (χ1v) is 10.8. The van der Waals surface area contributed by atoms with E-state index in [4.69, 9.17) is 9.47 Å². The summed E-state index contributed by atoms with van der Waals surface area (Å²) in [5.41, 5.74) is 3.63. The van der Waals surface area contributed by atoms with Crippen molar-refractivity contribution < 1.29 is 23.5 Å². The molecule has 0 unspecified atom stereocenters. The van der Waals surface area contributed by atoms with E-state index >= 15 is 0 Å². The minimum Gasteiger partial charge on any atom is -0.497 e. The number of aromatic nitrogens is 2. The van der Waals surface area contributed by atoms with E-state index in [0.717, 1.165) is 23.2 Å². The summed E-state index contributed by atoms with van der Waals surface area (Å²) in [6.07, 6.45) is 1.30. The van der Waals surface area contributed by atoms with Gasteiger partial charge in [-0.15, -0.1) is 0 Å². The molecule has 0 saturated carbocycles. The number of rotatable bonds is 6. The monoisotopic (exact) mass is 459 g/mol. The minimum absolute atomic E-state index is 0.267. The van der Waals surface area contributed by atoms with E-state index < -0.39 is 5.82 Å². The summed E-state index contributed by atoms with van der Waals surface area (Å²) in [6, 6.07) is 15.0. The largest absolute Gasteiger partial charge is 0.497 e. The van der Waals surface area contributed by atoms with Crippen LogP contribution in [0, 0.1) is 5.82 Å². The number of benzene rings is 3. The summed E-state index contributed by atoms with van der Waals surface area (Å²) in [5.74, 6) is 0.478. The van der Waals surface area contributed by atoms with Gasteiger partial charge in [0.05, 0.1) is 36.7 Å². The Kier molecular flexibility index (Phi) is 5.49. The highest BCUT2D eigenvalue weighted by Crippen LogP contribution is 2.32. The number of hydrogen-bond acceptors (Lipinski definition) is 5. The van der Waals surface area contributed by atoms with Crippen LogP contribution < -0.4 is 9.47 Å². The highest BCUT2D eigenvalue weighted by molar-refractivity contribution is 6.08. The van der Waals surface area contributed by atoms with E-state index in [-0.39, 0.29) is 11.5 Å². The maximum Gasteiger partial charge on any atom is 0.255 e. The second kappa shape index (κ2) is 8.62. The molecule has 0 radical (unpaired) electrons. The van der Waals surface area contributed by atoms with Crippen molar-refractivity contribution >= 4 is 23.1 Å². The number of aldehydes is 1. The van der Waals surface area contributed by atoms with Crippen LogP contribution in [-0.4, -0.2) is 47.6 Å². The predicted molar refractivity (Wildman–Crippen MR) is 124 cm³/mol. The lowest BCUT2D eigenvalue weighted by Gasteiger charge is -2.23. The van der Waals surface area contributed by atoms with Crippen LogP contribution in [0.4, 0.5) is 4.39 Å². The number of amides is 1. The van der Waals surface area contributed by atoms with Gasteiger partial charge in [0.1, 0.15) is 23.6 Å². The number of hydrogen-bond donors (Lipinski definition) is 0. The normalized spacial score (nSPS) is 13.1. The van der Waals surface area contributed by atoms with Gasteiger partial charge in [-0.2, -0.15) is 5.10 Å². The standard InChI is InChI=1S/C26H22FN3O4/c1-33-20-8-5-17(24(13-20)34-2)14-29-10-9-23-25-21(26(29)32)11-18(27)12-22(25)28-30(23)19-6-3-16(15-31)4-7-19/h3-8,11-13,15H,9-10,14H2,1-2H3. The molecule has 0 spiro atoms. The van der Waals surface area contributed by atoms with Crippen molar-refractivity contribution in [3.63, 3.8) is 0 Å². The van der Waals surface area contributed by atoms with Crippen LogP contribution in [0.3, 0.4) is 0 Å². The molecule has 7 nitrogen and oxygen atoms in total. The topological polar surface area (TPSA) is 73.7 Å². The third kappa shape index (κ3) is 3.67. The summed E-state index contributed by atoms with van der Waals surface area (Å²) in [5, 5.41) is 5.23. The van der Waals surface area contributed by atoms with E-state index in [1.807, 2.05) is 12.1 Å². The van der Waals surface area contributed by atoms with E-state index in [0.29, 0.717) is 47.5 Å². The number of nitrogens with zero attached hydrogens (tertiary/aromatic N) is 3. The molecular weight excluding hydrogens is 437 g/mol. The number of carbonyl (C=O) groups excluding carboxylic acids is 2. The lowest BCUT2D eigenvalue weighted by molar-refractivity contribution is 0.0748. The fourth-order valence-corrected chi connectivity index (χ4v) is 4.41. The minimum atomic E-state index is -0.521. The lowest BCUT2D eigenvalue weighted by atomic mass is 10.1. The summed E-state index contributed by atoms with van der Waals surface area (Å²) >= 11 is 0. The molecule has 0 N–H and O–H groups in total. The molecule has 5 rings (SSSR count).